The van der Waals surface area contributed by atoms with E-state index in [1.165, 1.54) is 40.7 Å². The zero-order chi connectivity index (χ0) is 13.7. The maximum atomic E-state index is 3.49. The largest absolute Gasteiger partial charge is 0.320 e. The topological polar surface area (TPSA) is 24.1 Å². The maximum Gasteiger partial charge on any atom is 0.0323 e. The highest BCUT2D eigenvalue weighted by molar-refractivity contribution is 5.45. The molecule has 1 rings (SSSR count). The van der Waals surface area contributed by atoms with Crippen LogP contribution in [0.2, 0.25) is 0 Å². The van der Waals surface area contributed by atoms with Crippen LogP contribution in [0.5, 0.6) is 0 Å². The highest BCUT2D eigenvalue weighted by Crippen LogP contribution is 2.29. The molecular weight excluding hydrogens is 220 g/mol. The lowest BCUT2D eigenvalue weighted by Gasteiger charge is -2.24. The van der Waals surface area contributed by atoms with E-state index in [1.807, 2.05) is 7.05 Å². The molecule has 0 aliphatic rings. The van der Waals surface area contributed by atoms with Gasteiger partial charge in [0.05, 0.1) is 0 Å². The zero-order valence-corrected chi connectivity index (χ0v) is 12.8. The Morgan fingerprint density at radius 3 is 2.00 bits per heavy atom. The minimum Gasteiger partial charge on any atom is -0.320 e. The van der Waals surface area contributed by atoms with Crippen LogP contribution < -0.4 is 10.6 Å². The monoisotopic (exact) mass is 248 g/mol. The van der Waals surface area contributed by atoms with Crippen LogP contribution in [0.4, 0.5) is 0 Å². The summed E-state index contributed by atoms with van der Waals surface area (Å²) in [6, 6.07) is 2.77. The second-order valence-electron chi connectivity index (χ2n) is 5.26. The molecule has 0 fully saturated rings. The average Bonchev–Trinajstić information content (AvgIpc) is 2.35. The Hall–Kier alpha value is -0.860. The molecule has 2 nitrogen and oxygen atoms in total. The number of hydrogen-bond donors (Lipinski definition) is 2. The van der Waals surface area contributed by atoms with Crippen LogP contribution in [0.15, 0.2) is 6.07 Å². The lowest BCUT2D eigenvalue weighted by molar-refractivity contribution is 0.514. The van der Waals surface area contributed by atoms with Crippen LogP contribution in [-0.2, 0) is 0 Å². The Labute approximate surface area is 112 Å². The van der Waals surface area contributed by atoms with E-state index in [2.05, 4.69) is 51.4 Å². The maximum absolute atomic E-state index is 3.49. The van der Waals surface area contributed by atoms with Gasteiger partial charge in [-0.3, -0.25) is 0 Å². The summed E-state index contributed by atoms with van der Waals surface area (Å²) in [5.41, 5.74) is 7.21. The molecule has 2 N–H and O–H groups in total. The standard InChI is InChI=1S/C16H28N2/c1-11-10-12(2)14(4)16(13(11)3)15(18-6)8-7-9-17-5/h10,15,17-18H,7-9H2,1-6H3. The van der Waals surface area contributed by atoms with Crippen molar-refractivity contribution in [1.82, 2.24) is 10.6 Å². The van der Waals surface area contributed by atoms with Gasteiger partial charge in [-0.2, -0.15) is 0 Å². The summed E-state index contributed by atoms with van der Waals surface area (Å²) in [7, 11) is 4.09. The van der Waals surface area contributed by atoms with Crippen LogP contribution >= 0.6 is 0 Å². The van der Waals surface area contributed by atoms with E-state index in [1.54, 1.807) is 0 Å². The molecule has 18 heavy (non-hydrogen) atoms. The highest BCUT2D eigenvalue weighted by atomic mass is 14.9. The first-order valence-electron chi connectivity index (χ1n) is 6.92. The lowest BCUT2D eigenvalue weighted by atomic mass is 9.88. The van der Waals surface area contributed by atoms with Crippen LogP contribution in [0, 0.1) is 27.7 Å². The summed E-state index contributed by atoms with van der Waals surface area (Å²) in [4.78, 5) is 0. The second kappa shape index (κ2) is 6.91. The van der Waals surface area contributed by atoms with Crippen LogP contribution in [0.1, 0.15) is 46.7 Å². The summed E-state index contributed by atoms with van der Waals surface area (Å²) in [5, 5.41) is 6.71. The molecule has 0 heterocycles. The van der Waals surface area contributed by atoms with Crippen molar-refractivity contribution < 1.29 is 0 Å². The molecule has 0 amide bonds. The summed E-state index contributed by atoms with van der Waals surface area (Å²) in [6.07, 6.45) is 2.38. The molecule has 1 unspecified atom stereocenters. The first-order valence-corrected chi connectivity index (χ1v) is 6.92. The van der Waals surface area contributed by atoms with E-state index >= 15 is 0 Å². The summed E-state index contributed by atoms with van der Waals surface area (Å²) < 4.78 is 0. The van der Waals surface area contributed by atoms with Gasteiger partial charge in [-0.1, -0.05) is 6.07 Å². The molecule has 0 spiro atoms. The molecule has 1 atom stereocenters. The molecule has 0 saturated heterocycles. The van der Waals surface area contributed by atoms with Crippen molar-refractivity contribution in [2.45, 2.75) is 46.6 Å². The van der Waals surface area contributed by atoms with Gasteiger partial charge in [-0.05, 0) is 89.0 Å². The summed E-state index contributed by atoms with van der Waals surface area (Å²) in [6.45, 7) is 10.0. The quantitative estimate of drug-likeness (QED) is 0.756. The van der Waals surface area contributed by atoms with Crippen molar-refractivity contribution in [2.24, 2.45) is 0 Å². The van der Waals surface area contributed by atoms with Gasteiger partial charge in [0.2, 0.25) is 0 Å². The fourth-order valence-electron chi connectivity index (χ4n) is 2.69. The lowest BCUT2D eigenvalue weighted by Crippen LogP contribution is -2.21. The Kier molecular flexibility index (Phi) is 5.83. The fraction of sp³-hybridized carbons (Fsp3) is 0.625. The molecule has 1 aromatic carbocycles. The second-order valence-corrected chi connectivity index (χ2v) is 5.26. The van der Waals surface area contributed by atoms with E-state index in [9.17, 15) is 0 Å². The smallest absolute Gasteiger partial charge is 0.0323 e. The van der Waals surface area contributed by atoms with Crippen molar-refractivity contribution in [3.8, 4) is 0 Å². The van der Waals surface area contributed by atoms with Gasteiger partial charge in [0.15, 0.2) is 0 Å². The Morgan fingerprint density at radius 2 is 1.56 bits per heavy atom. The zero-order valence-electron chi connectivity index (χ0n) is 12.8. The molecule has 0 aliphatic carbocycles. The van der Waals surface area contributed by atoms with E-state index in [0.717, 1.165) is 6.54 Å². The molecule has 1 aromatic rings. The van der Waals surface area contributed by atoms with Crippen molar-refractivity contribution >= 4 is 0 Å². The van der Waals surface area contributed by atoms with Gasteiger partial charge in [-0.15, -0.1) is 0 Å². The Bertz CT molecular complexity index is 370. The van der Waals surface area contributed by atoms with Gasteiger partial charge in [-0.25, -0.2) is 0 Å². The molecule has 0 saturated carbocycles. The molecule has 0 aliphatic heterocycles. The van der Waals surface area contributed by atoms with Crippen molar-refractivity contribution in [3.05, 3.63) is 33.9 Å². The van der Waals surface area contributed by atoms with E-state index in [4.69, 9.17) is 0 Å². The Balaban J connectivity index is 3.04. The summed E-state index contributed by atoms with van der Waals surface area (Å²) >= 11 is 0. The van der Waals surface area contributed by atoms with Crippen molar-refractivity contribution in [2.75, 3.05) is 20.6 Å². The molecule has 0 radical (unpaired) electrons. The Morgan fingerprint density at radius 1 is 1.00 bits per heavy atom. The predicted octanol–water partition coefficient (Wildman–Crippen LogP) is 3.18. The average molecular weight is 248 g/mol. The first kappa shape index (κ1) is 15.2. The van der Waals surface area contributed by atoms with Crippen LogP contribution in [0.25, 0.3) is 0 Å². The fourth-order valence-corrected chi connectivity index (χ4v) is 2.69. The number of hydrogen-bond acceptors (Lipinski definition) is 2. The van der Waals surface area contributed by atoms with Gasteiger partial charge in [0.25, 0.3) is 0 Å². The molecule has 0 bridgehead atoms. The number of aryl methyl sites for hydroxylation is 2. The van der Waals surface area contributed by atoms with Crippen molar-refractivity contribution in [3.63, 3.8) is 0 Å². The van der Waals surface area contributed by atoms with Crippen molar-refractivity contribution in [1.29, 1.82) is 0 Å². The van der Waals surface area contributed by atoms with Crippen LogP contribution in [0.3, 0.4) is 0 Å². The van der Waals surface area contributed by atoms with Gasteiger partial charge >= 0.3 is 0 Å². The third-order valence-corrected chi connectivity index (χ3v) is 4.04. The van der Waals surface area contributed by atoms with E-state index < -0.39 is 0 Å². The van der Waals surface area contributed by atoms with Gasteiger partial charge < -0.3 is 10.6 Å². The van der Waals surface area contributed by atoms with Crippen LogP contribution in [-0.4, -0.2) is 20.6 Å². The molecule has 102 valence electrons. The van der Waals surface area contributed by atoms with E-state index in [-0.39, 0.29) is 0 Å². The number of rotatable bonds is 6. The number of benzene rings is 1. The third-order valence-electron chi connectivity index (χ3n) is 4.04. The highest BCUT2D eigenvalue weighted by Gasteiger charge is 2.16. The van der Waals surface area contributed by atoms with E-state index in [0.29, 0.717) is 6.04 Å². The normalized spacial score (nSPS) is 12.8. The summed E-state index contributed by atoms with van der Waals surface area (Å²) in [5.74, 6) is 0. The SMILES string of the molecule is CNCCCC(NC)c1c(C)c(C)cc(C)c1C. The minimum absolute atomic E-state index is 0.469. The van der Waals surface area contributed by atoms with Gasteiger partial charge in [0, 0.05) is 6.04 Å². The predicted molar refractivity (Wildman–Crippen MR) is 80.4 cm³/mol. The minimum atomic E-state index is 0.469. The molecule has 2 heteroatoms. The molecular formula is C16H28N2. The molecule has 0 aromatic heterocycles. The third kappa shape index (κ3) is 3.33. The van der Waals surface area contributed by atoms with Gasteiger partial charge in [0.1, 0.15) is 0 Å². The number of nitrogens with one attached hydrogen (secondary N) is 2. The first-order chi connectivity index (χ1) is 8.52.